The van der Waals surface area contributed by atoms with Crippen molar-refractivity contribution in [2.75, 3.05) is 32.8 Å². The first-order valence-corrected chi connectivity index (χ1v) is 7.23. The fourth-order valence-electron chi connectivity index (χ4n) is 2.72. The van der Waals surface area contributed by atoms with Crippen LogP contribution in [-0.2, 0) is 6.18 Å². The van der Waals surface area contributed by atoms with E-state index in [9.17, 15) is 18.3 Å². The molecule has 0 saturated carbocycles. The Kier molecular flexibility index (Phi) is 7.41. The van der Waals surface area contributed by atoms with Crippen molar-refractivity contribution in [3.8, 4) is 0 Å². The van der Waals surface area contributed by atoms with Gasteiger partial charge in [-0.2, -0.15) is 13.2 Å². The normalized spacial score (nSPS) is 17.9. The first kappa shape index (κ1) is 19.5. The van der Waals surface area contributed by atoms with Crippen LogP contribution < -0.4 is 5.32 Å². The van der Waals surface area contributed by atoms with Gasteiger partial charge in [-0.1, -0.05) is 17.7 Å². The van der Waals surface area contributed by atoms with Crippen LogP contribution in [0.4, 0.5) is 13.2 Å². The number of nitrogens with one attached hydrogen (secondary N) is 1. The second kappa shape index (κ2) is 8.36. The molecule has 1 aliphatic rings. The molecule has 1 atom stereocenters. The maximum Gasteiger partial charge on any atom is 0.416 e. The molecule has 1 aliphatic heterocycles. The maximum absolute atomic E-state index is 13.2. The Hall–Kier alpha value is -0.530. The maximum atomic E-state index is 13.2. The third-order valence-electron chi connectivity index (χ3n) is 3.67. The van der Waals surface area contributed by atoms with E-state index in [4.69, 9.17) is 11.6 Å². The van der Waals surface area contributed by atoms with Crippen LogP contribution in [0.2, 0.25) is 5.02 Å². The zero-order valence-corrected chi connectivity index (χ0v) is 13.4. The molecule has 0 radical (unpaired) electrons. The van der Waals surface area contributed by atoms with Gasteiger partial charge in [0.05, 0.1) is 5.56 Å². The molecule has 2 rings (SSSR count). The van der Waals surface area contributed by atoms with E-state index in [1.165, 1.54) is 12.1 Å². The summed E-state index contributed by atoms with van der Waals surface area (Å²) >= 11 is 5.72. The van der Waals surface area contributed by atoms with Gasteiger partial charge in [0.2, 0.25) is 0 Å². The van der Waals surface area contributed by atoms with Crippen molar-refractivity contribution in [3.63, 3.8) is 0 Å². The van der Waals surface area contributed by atoms with Crippen molar-refractivity contribution < 1.29 is 18.3 Å². The number of piperazine rings is 1. The highest BCUT2D eigenvalue weighted by Gasteiger charge is 2.36. The largest absolute Gasteiger partial charge is 0.416 e. The number of alkyl halides is 3. The molecule has 1 heterocycles. The number of hydrogen-bond acceptors (Lipinski definition) is 3. The summed E-state index contributed by atoms with van der Waals surface area (Å²) in [4.78, 5) is 1.98. The van der Waals surface area contributed by atoms with Crippen molar-refractivity contribution in [2.24, 2.45) is 0 Å². The van der Waals surface area contributed by atoms with Crippen molar-refractivity contribution in [1.82, 2.24) is 10.2 Å². The second-order valence-electron chi connectivity index (χ2n) is 5.04. The molecule has 0 amide bonds. The molecular weight excluding hydrogens is 340 g/mol. The quantitative estimate of drug-likeness (QED) is 0.867. The number of halogens is 5. The molecule has 0 unspecified atom stereocenters. The Morgan fingerprint density at radius 3 is 2.45 bits per heavy atom. The highest BCUT2D eigenvalue weighted by atomic mass is 35.5. The smallest absolute Gasteiger partial charge is 0.396 e. The molecule has 2 N–H and O–H groups in total. The summed E-state index contributed by atoms with van der Waals surface area (Å²) in [7, 11) is 0. The standard InChI is InChI=1S/C14H18ClF3N2O.ClH/c15-10-1-2-11(12(9-10)14(16,17)18)13(3-8-21)20-6-4-19-5-7-20;/h1-2,9,13,19,21H,3-8H2;1H/t13-;/m0./s1. The first-order valence-electron chi connectivity index (χ1n) is 6.85. The minimum atomic E-state index is -4.46. The monoisotopic (exact) mass is 358 g/mol. The number of benzene rings is 1. The topological polar surface area (TPSA) is 35.5 Å². The number of hydrogen-bond donors (Lipinski definition) is 2. The fraction of sp³-hybridized carbons (Fsp3) is 0.571. The van der Waals surface area contributed by atoms with Crippen molar-refractivity contribution in [1.29, 1.82) is 0 Å². The summed E-state index contributed by atoms with van der Waals surface area (Å²) in [5.74, 6) is 0. The number of aliphatic hydroxyl groups is 1. The van der Waals surface area contributed by atoms with E-state index in [0.29, 0.717) is 13.1 Å². The van der Waals surface area contributed by atoms with E-state index in [0.717, 1.165) is 19.2 Å². The molecule has 8 heteroatoms. The van der Waals surface area contributed by atoms with E-state index in [1.54, 1.807) is 0 Å². The van der Waals surface area contributed by atoms with Crippen LogP contribution in [0.3, 0.4) is 0 Å². The summed E-state index contributed by atoms with van der Waals surface area (Å²) in [6.45, 7) is 2.62. The highest BCUT2D eigenvalue weighted by molar-refractivity contribution is 6.30. The first-order chi connectivity index (χ1) is 9.93. The van der Waals surface area contributed by atoms with Gasteiger partial charge >= 0.3 is 6.18 Å². The molecule has 1 aromatic carbocycles. The minimum absolute atomic E-state index is 0. The van der Waals surface area contributed by atoms with Crippen LogP contribution in [-0.4, -0.2) is 42.8 Å². The molecule has 0 bridgehead atoms. The molecule has 126 valence electrons. The van der Waals surface area contributed by atoms with Gasteiger partial charge in [0.25, 0.3) is 0 Å². The summed E-state index contributed by atoms with van der Waals surface area (Å²) < 4.78 is 39.7. The zero-order chi connectivity index (χ0) is 15.5. The third-order valence-corrected chi connectivity index (χ3v) is 3.91. The summed E-state index contributed by atoms with van der Waals surface area (Å²) in [5.41, 5.74) is -0.533. The van der Waals surface area contributed by atoms with Crippen molar-refractivity contribution in [3.05, 3.63) is 34.3 Å². The summed E-state index contributed by atoms with van der Waals surface area (Å²) in [6.07, 6.45) is -4.19. The number of rotatable bonds is 4. The van der Waals surface area contributed by atoms with Gasteiger partial charge in [0.1, 0.15) is 0 Å². The van der Waals surface area contributed by atoms with E-state index in [1.807, 2.05) is 4.90 Å². The van der Waals surface area contributed by atoms with Gasteiger partial charge in [-0.15, -0.1) is 12.4 Å². The Labute approximate surface area is 138 Å². The van der Waals surface area contributed by atoms with Crippen LogP contribution >= 0.6 is 24.0 Å². The zero-order valence-electron chi connectivity index (χ0n) is 11.9. The molecule has 0 aliphatic carbocycles. The Balaban J connectivity index is 0.00000242. The van der Waals surface area contributed by atoms with E-state index in [2.05, 4.69) is 5.32 Å². The molecule has 1 aromatic rings. The fourth-order valence-corrected chi connectivity index (χ4v) is 2.89. The lowest BCUT2D eigenvalue weighted by molar-refractivity contribution is -0.138. The van der Waals surface area contributed by atoms with Crippen LogP contribution in [0, 0.1) is 0 Å². The molecule has 3 nitrogen and oxygen atoms in total. The van der Waals surface area contributed by atoms with E-state index < -0.39 is 17.8 Å². The van der Waals surface area contributed by atoms with E-state index in [-0.39, 0.29) is 36.0 Å². The van der Waals surface area contributed by atoms with Crippen LogP contribution in [0.25, 0.3) is 0 Å². The minimum Gasteiger partial charge on any atom is -0.396 e. The van der Waals surface area contributed by atoms with Crippen molar-refractivity contribution in [2.45, 2.75) is 18.6 Å². The molecule has 1 saturated heterocycles. The van der Waals surface area contributed by atoms with Crippen molar-refractivity contribution >= 4 is 24.0 Å². The average Bonchev–Trinajstić information content (AvgIpc) is 2.45. The van der Waals surface area contributed by atoms with Gasteiger partial charge in [-0.05, 0) is 24.1 Å². The van der Waals surface area contributed by atoms with E-state index >= 15 is 0 Å². The third kappa shape index (κ3) is 4.73. The molecule has 0 spiro atoms. The lowest BCUT2D eigenvalue weighted by Gasteiger charge is -2.36. The van der Waals surface area contributed by atoms with Gasteiger partial charge in [-0.25, -0.2) is 0 Å². The molecule has 1 fully saturated rings. The van der Waals surface area contributed by atoms with Gasteiger partial charge < -0.3 is 10.4 Å². The lowest BCUT2D eigenvalue weighted by Crippen LogP contribution is -2.45. The molecular formula is C14H19Cl2F3N2O. The SMILES string of the molecule is Cl.OCC[C@@H](c1ccc(Cl)cc1C(F)(F)F)N1CCNCC1. The summed E-state index contributed by atoms with van der Waals surface area (Å²) in [5, 5.41) is 12.5. The Morgan fingerprint density at radius 2 is 1.91 bits per heavy atom. The Morgan fingerprint density at radius 1 is 1.27 bits per heavy atom. The second-order valence-corrected chi connectivity index (χ2v) is 5.48. The highest BCUT2D eigenvalue weighted by Crippen LogP contribution is 2.38. The average molecular weight is 359 g/mol. The van der Waals surface area contributed by atoms with Crippen LogP contribution in [0.15, 0.2) is 18.2 Å². The molecule has 0 aromatic heterocycles. The van der Waals surface area contributed by atoms with Crippen LogP contribution in [0.1, 0.15) is 23.6 Å². The lowest BCUT2D eigenvalue weighted by atomic mass is 9.95. The molecule has 22 heavy (non-hydrogen) atoms. The Bertz CT molecular complexity index is 480. The number of aliphatic hydroxyl groups excluding tert-OH is 1. The predicted octanol–water partition coefficient (Wildman–Crippen LogP) is 3.11. The van der Waals surface area contributed by atoms with Gasteiger partial charge in [-0.3, -0.25) is 4.90 Å². The number of nitrogens with zero attached hydrogens (tertiary/aromatic N) is 1. The predicted molar refractivity (Wildman–Crippen MR) is 82.6 cm³/mol. The van der Waals surface area contributed by atoms with Gasteiger partial charge in [0, 0.05) is 43.9 Å². The van der Waals surface area contributed by atoms with Gasteiger partial charge in [0.15, 0.2) is 0 Å². The van der Waals surface area contributed by atoms with Crippen LogP contribution in [0.5, 0.6) is 0 Å². The summed E-state index contributed by atoms with van der Waals surface area (Å²) in [6, 6.07) is 3.40.